The number of hydrogen-bond acceptors (Lipinski definition) is 3. The molecule has 0 saturated carbocycles. The Morgan fingerprint density at radius 1 is 1.77 bits per heavy atom. The minimum absolute atomic E-state index is 0.0214. The highest BCUT2D eigenvalue weighted by Gasteiger charge is 2.11. The Hall–Kier alpha value is -0.740. The van der Waals surface area contributed by atoms with Crippen LogP contribution in [0.2, 0.25) is 0 Å². The summed E-state index contributed by atoms with van der Waals surface area (Å²) in [5, 5.41) is 15.3. The molecular formula is C8H10ClNO2S. The molecule has 0 aromatic heterocycles. The van der Waals surface area contributed by atoms with Gasteiger partial charge in [-0.3, -0.25) is 5.41 Å². The first kappa shape index (κ1) is 12.3. The van der Waals surface area contributed by atoms with Crippen LogP contribution in [0.3, 0.4) is 0 Å². The van der Waals surface area contributed by atoms with Crippen LogP contribution in [0, 0.1) is 5.41 Å². The molecule has 5 heteroatoms. The number of carboxylic acid groups (broad SMARTS) is 1. The van der Waals surface area contributed by atoms with Crippen LogP contribution in [0.15, 0.2) is 23.1 Å². The monoisotopic (exact) mass is 219 g/mol. The van der Waals surface area contributed by atoms with Gasteiger partial charge in [0.15, 0.2) is 0 Å². The van der Waals surface area contributed by atoms with Gasteiger partial charge in [-0.15, -0.1) is 11.8 Å². The van der Waals surface area contributed by atoms with Crippen LogP contribution in [0.4, 0.5) is 0 Å². The van der Waals surface area contributed by atoms with Gasteiger partial charge in [0.2, 0.25) is 0 Å². The lowest BCUT2D eigenvalue weighted by molar-refractivity contribution is -0.132. The summed E-state index contributed by atoms with van der Waals surface area (Å²) in [6.07, 6.45) is 1.08. The quantitative estimate of drug-likeness (QED) is 0.424. The van der Waals surface area contributed by atoms with Crippen molar-refractivity contribution >= 4 is 34.5 Å². The molecule has 0 rings (SSSR count). The number of carboxylic acids is 1. The van der Waals surface area contributed by atoms with Gasteiger partial charge >= 0.3 is 5.97 Å². The minimum atomic E-state index is -1.11. The molecule has 0 aliphatic heterocycles. The Balaban J connectivity index is 4.71. The van der Waals surface area contributed by atoms with E-state index in [9.17, 15) is 4.79 Å². The summed E-state index contributed by atoms with van der Waals surface area (Å²) >= 11 is 6.56. The molecule has 0 unspecified atom stereocenters. The average Bonchev–Trinajstić information content (AvgIpc) is 1.99. The van der Waals surface area contributed by atoms with Crippen molar-refractivity contribution in [2.24, 2.45) is 0 Å². The summed E-state index contributed by atoms with van der Waals surface area (Å²) < 4.78 is 0. The van der Waals surface area contributed by atoms with E-state index >= 15 is 0 Å². The Morgan fingerprint density at radius 3 is 2.62 bits per heavy atom. The zero-order chi connectivity index (χ0) is 10.4. The fraction of sp³-hybridized carbons (Fsp3) is 0.250. The number of thioether (sulfide) groups is 1. The van der Waals surface area contributed by atoms with Gasteiger partial charge in [-0.2, -0.15) is 0 Å². The molecule has 0 heterocycles. The largest absolute Gasteiger partial charge is 0.478 e. The number of hydrogen-bond donors (Lipinski definition) is 2. The number of rotatable bonds is 5. The van der Waals surface area contributed by atoms with Crippen molar-refractivity contribution in [1.82, 2.24) is 0 Å². The van der Waals surface area contributed by atoms with E-state index in [1.54, 1.807) is 0 Å². The lowest BCUT2D eigenvalue weighted by Crippen LogP contribution is -2.03. The maximum absolute atomic E-state index is 10.7. The lowest BCUT2D eigenvalue weighted by Gasteiger charge is -2.03. The van der Waals surface area contributed by atoms with Crippen molar-refractivity contribution in [3.05, 3.63) is 23.1 Å². The summed E-state index contributed by atoms with van der Waals surface area (Å²) in [6.45, 7) is 5.47. The second-order valence-electron chi connectivity index (χ2n) is 2.07. The van der Waals surface area contributed by atoms with Crippen molar-refractivity contribution < 1.29 is 9.90 Å². The topological polar surface area (TPSA) is 61.2 Å². The molecule has 0 spiro atoms. The molecule has 0 aromatic rings. The van der Waals surface area contributed by atoms with Crippen molar-refractivity contribution in [1.29, 1.82) is 5.41 Å². The standard InChI is InChI=1S/C8H10ClNO2S/c1-3-13-5(2)6(8(11)12)4-7(9)10/h4,10H,2-3H2,1H3,(H,11,12)/b6-4+,10-7?. The van der Waals surface area contributed by atoms with Crippen molar-refractivity contribution in [2.75, 3.05) is 5.75 Å². The smallest absolute Gasteiger partial charge is 0.336 e. The van der Waals surface area contributed by atoms with E-state index in [0.717, 1.165) is 11.8 Å². The predicted molar refractivity (Wildman–Crippen MR) is 56.6 cm³/mol. The van der Waals surface area contributed by atoms with E-state index in [-0.39, 0.29) is 10.7 Å². The van der Waals surface area contributed by atoms with Crippen molar-refractivity contribution in [3.63, 3.8) is 0 Å². The number of nitrogens with one attached hydrogen (secondary N) is 1. The van der Waals surface area contributed by atoms with Gasteiger partial charge in [-0.25, -0.2) is 4.79 Å². The molecule has 13 heavy (non-hydrogen) atoms. The molecule has 0 aliphatic carbocycles. The molecule has 0 aromatic carbocycles. The number of halogens is 1. The van der Waals surface area contributed by atoms with Crippen LogP contribution < -0.4 is 0 Å². The number of carbonyl (C=O) groups is 1. The van der Waals surface area contributed by atoms with Gasteiger partial charge in [0.05, 0.1) is 5.57 Å². The molecular weight excluding hydrogens is 210 g/mol. The third-order valence-electron chi connectivity index (χ3n) is 1.12. The first-order valence-electron chi connectivity index (χ1n) is 3.50. The van der Waals surface area contributed by atoms with Crippen LogP contribution in [0.25, 0.3) is 0 Å². The van der Waals surface area contributed by atoms with Crippen LogP contribution in [0.5, 0.6) is 0 Å². The molecule has 0 amide bonds. The van der Waals surface area contributed by atoms with E-state index in [1.165, 1.54) is 11.8 Å². The first-order chi connectivity index (χ1) is 5.99. The third kappa shape index (κ3) is 4.75. The molecule has 0 radical (unpaired) electrons. The molecule has 0 fully saturated rings. The van der Waals surface area contributed by atoms with Gasteiger partial charge in [0.25, 0.3) is 0 Å². The first-order valence-corrected chi connectivity index (χ1v) is 4.86. The fourth-order valence-corrected chi connectivity index (χ4v) is 1.40. The predicted octanol–water partition coefficient (Wildman–Crippen LogP) is 2.48. The maximum Gasteiger partial charge on any atom is 0.336 e. The van der Waals surface area contributed by atoms with Crippen LogP contribution >= 0.6 is 23.4 Å². The second kappa shape index (κ2) is 5.83. The van der Waals surface area contributed by atoms with Crippen molar-refractivity contribution in [2.45, 2.75) is 6.92 Å². The normalized spacial score (nSPS) is 11.1. The van der Waals surface area contributed by atoms with E-state index in [1.807, 2.05) is 6.92 Å². The highest BCUT2D eigenvalue weighted by atomic mass is 35.5. The Labute approximate surface area is 86.0 Å². The molecule has 0 atom stereocenters. The van der Waals surface area contributed by atoms with Gasteiger partial charge in [0, 0.05) is 4.91 Å². The summed E-state index contributed by atoms with van der Waals surface area (Å²) in [5.74, 6) is -0.379. The zero-order valence-electron chi connectivity index (χ0n) is 7.13. The molecule has 2 N–H and O–H groups in total. The maximum atomic E-state index is 10.7. The van der Waals surface area contributed by atoms with Crippen molar-refractivity contribution in [3.8, 4) is 0 Å². The second-order valence-corrected chi connectivity index (χ2v) is 3.83. The summed E-state index contributed by atoms with van der Waals surface area (Å²) in [5.41, 5.74) is -0.0214. The Morgan fingerprint density at radius 2 is 2.31 bits per heavy atom. The highest BCUT2D eigenvalue weighted by molar-refractivity contribution is 8.03. The Bertz CT molecular complexity index is 273. The molecule has 72 valence electrons. The van der Waals surface area contributed by atoms with E-state index in [4.69, 9.17) is 22.1 Å². The minimum Gasteiger partial charge on any atom is -0.478 e. The van der Waals surface area contributed by atoms with Gasteiger partial charge in [-0.1, -0.05) is 25.1 Å². The number of aliphatic carboxylic acids is 1. The SMILES string of the molecule is C=C(SCC)/C(=C\C(=N)Cl)C(=O)O. The van der Waals surface area contributed by atoms with Crippen LogP contribution in [-0.4, -0.2) is 22.0 Å². The summed E-state index contributed by atoms with van der Waals surface area (Å²) in [6, 6.07) is 0. The van der Waals surface area contributed by atoms with Gasteiger partial charge in [-0.05, 0) is 11.8 Å². The molecule has 0 saturated heterocycles. The summed E-state index contributed by atoms with van der Waals surface area (Å²) in [7, 11) is 0. The lowest BCUT2D eigenvalue weighted by atomic mass is 10.2. The number of allylic oxidation sites excluding steroid dienone is 1. The third-order valence-corrected chi connectivity index (χ3v) is 2.09. The van der Waals surface area contributed by atoms with Crippen LogP contribution in [0.1, 0.15) is 6.92 Å². The fourth-order valence-electron chi connectivity index (χ4n) is 0.640. The van der Waals surface area contributed by atoms with Crippen LogP contribution in [-0.2, 0) is 4.79 Å². The zero-order valence-corrected chi connectivity index (χ0v) is 8.71. The van der Waals surface area contributed by atoms with E-state index < -0.39 is 5.97 Å². The van der Waals surface area contributed by atoms with E-state index in [2.05, 4.69) is 6.58 Å². The van der Waals surface area contributed by atoms with Gasteiger partial charge < -0.3 is 5.11 Å². The summed E-state index contributed by atoms with van der Waals surface area (Å²) in [4.78, 5) is 11.1. The average molecular weight is 220 g/mol. The molecule has 0 bridgehead atoms. The molecule has 0 aliphatic rings. The molecule has 3 nitrogen and oxygen atoms in total. The van der Waals surface area contributed by atoms with E-state index in [0.29, 0.717) is 4.91 Å². The Kier molecular flexibility index (Phi) is 5.50. The van der Waals surface area contributed by atoms with Gasteiger partial charge in [0.1, 0.15) is 5.17 Å². The highest BCUT2D eigenvalue weighted by Crippen LogP contribution is 2.22.